The molecule has 1 aliphatic rings. The van der Waals surface area contributed by atoms with Crippen LogP contribution in [-0.4, -0.2) is 31.1 Å². The van der Waals surface area contributed by atoms with Crippen LogP contribution in [0.15, 0.2) is 0 Å². The highest BCUT2D eigenvalue weighted by atomic mass is 15.1. The van der Waals surface area contributed by atoms with Crippen molar-refractivity contribution in [1.29, 1.82) is 0 Å². The van der Waals surface area contributed by atoms with E-state index in [-0.39, 0.29) is 0 Å². The van der Waals surface area contributed by atoms with Crippen LogP contribution in [0.2, 0.25) is 0 Å². The summed E-state index contributed by atoms with van der Waals surface area (Å²) in [6, 6.07) is 0. The van der Waals surface area contributed by atoms with Gasteiger partial charge in [0.2, 0.25) is 0 Å². The third-order valence-electron chi connectivity index (χ3n) is 3.70. The summed E-state index contributed by atoms with van der Waals surface area (Å²) in [4.78, 5) is 2.48. The van der Waals surface area contributed by atoms with Gasteiger partial charge in [0.15, 0.2) is 0 Å². The second-order valence-electron chi connectivity index (χ2n) is 4.87. The highest BCUT2D eigenvalue weighted by molar-refractivity contribution is 4.67. The highest BCUT2D eigenvalue weighted by Crippen LogP contribution is 2.27. The predicted molar refractivity (Wildman–Crippen MR) is 67.0 cm³/mol. The molecule has 0 bridgehead atoms. The van der Waals surface area contributed by atoms with E-state index in [1.165, 1.54) is 51.5 Å². The van der Waals surface area contributed by atoms with Crippen LogP contribution < -0.4 is 5.73 Å². The van der Waals surface area contributed by atoms with Gasteiger partial charge in [-0.3, -0.25) is 0 Å². The van der Waals surface area contributed by atoms with Crippen molar-refractivity contribution in [2.45, 2.75) is 51.9 Å². The van der Waals surface area contributed by atoms with Gasteiger partial charge in [-0.2, -0.15) is 0 Å². The summed E-state index contributed by atoms with van der Waals surface area (Å²) in [5.41, 5.74) is 5.58. The molecule has 0 saturated heterocycles. The van der Waals surface area contributed by atoms with Crippen LogP contribution in [0.25, 0.3) is 0 Å². The minimum atomic E-state index is 0.803. The van der Waals surface area contributed by atoms with Gasteiger partial charge in [-0.1, -0.05) is 39.0 Å². The molecular weight excluding hydrogens is 184 g/mol. The quantitative estimate of drug-likeness (QED) is 0.703. The van der Waals surface area contributed by atoms with Crippen LogP contribution in [-0.2, 0) is 0 Å². The Hall–Kier alpha value is -0.0800. The fourth-order valence-corrected chi connectivity index (χ4v) is 2.69. The van der Waals surface area contributed by atoms with E-state index in [4.69, 9.17) is 5.73 Å². The number of rotatable bonds is 7. The van der Waals surface area contributed by atoms with Crippen molar-refractivity contribution in [3.05, 3.63) is 0 Å². The summed E-state index contributed by atoms with van der Waals surface area (Å²) < 4.78 is 0. The number of likely N-dealkylation sites (N-methyl/N-ethyl adjacent to an activating group) is 1. The first-order valence-electron chi connectivity index (χ1n) is 6.79. The van der Waals surface area contributed by atoms with Crippen molar-refractivity contribution in [2.75, 3.05) is 26.2 Å². The molecule has 2 nitrogen and oxygen atoms in total. The van der Waals surface area contributed by atoms with Crippen LogP contribution in [0.5, 0.6) is 0 Å². The molecule has 0 radical (unpaired) electrons. The van der Waals surface area contributed by atoms with Gasteiger partial charge in [0.25, 0.3) is 0 Å². The third-order valence-corrected chi connectivity index (χ3v) is 3.70. The Morgan fingerprint density at radius 1 is 1.13 bits per heavy atom. The normalized spacial score (nSPS) is 18.6. The van der Waals surface area contributed by atoms with Crippen molar-refractivity contribution >= 4 is 0 Å². The zero-order valence-electron chi connectivity index (χ0n) is 10.4. The largest absolute Gasteiger partial charge is 0.329 e. The number of nitrogens with two attached hydrogens (primary N) is 1. The Balaban J connectivity index is 2.03. The molecule has 0 atom stereocenters. The summed E-state index contributed by atoms with van der Waals surface area (Å²) in [5, 5.41) is 0. The smallest absolute Gasteiger partial charge is 0.0104 e. The van der Waals surface area contributed by atoms with Crippen molar-refractivity contribution in [3.8, 4) is 0 Å². The van der Waals surface area contributed by atoms with E-state index in [0.717, 1.165) is 25.6 Å². The Bertz CT molecular complexity index is 137. The lowest BCUT2D eigenvalue weighted by Gasteiger charge is -2.24. The average molecular weight is 212 g/mol. The first-order chi connectivity index (χ1) is 7.36. The minimum Gasteiger partial charge on any atom is -0.329 e. The van der Waals surface area contributed by atoms with E-state index in [1.807, 2.05) is 0 Å². The highest BCUT2D eigenvalue weighted by Gasteiger charge is 2.13. The van der Waals surface area contributed by atoms with Gasteiger partial charge in [-0.25, -0.2) is 0 Å². The molecule has 0 aromatic heterocycles. The van der Waals surface area contributed by atoms with Crippen LogP contribution in [0.3, 0.4) is 0 Å². The van der Waals surface area contributed by atoms with Crippen LogP contribution in [0.4, 0.5) is 0 Å². The summed E-state index contributed by atoms with van der Waals surface area (Å²) in [6.07, 6.45) is 10.2. The molecule has 0 aliphatic heterocycles. The van der Waals surface area contributed by atoms with E-state index in [1.54, 1.807) is 0 Å². The fraction of sp³-hybridized carbons (Fsp3) is 1.00. The van der Waals surface area contributed by atoms with Gasteiger partial charge in [-0.05, 0) is 31.8 Å². The molecule has 0 amide bonds. The zero-order valence-corrected chi connectivity index (χ0v) is 10.4. The van der Waals surface area contributed by atoms with Crippen molar-refractivity contribution in [3.63, 3.8) is 0 Å². The van der Waals surface area contributed by atoms with Crippen molar-refractivity contribution < 1.29 is 0 Å². The molecular formula is C13H28N2. The number of hydrogen-bond acceptors (Lipinski definition) is 2. The Morgan fingerprint density at radius 2 is 1.87 bits per heavy atom. The summed E-state index contributed by atoms with van der Waals surface area (Å²) in [5.74, 6) is 1.04. The fourth-order valence-electron chi connectivity index (χ4n) is 2.69. The lowest BCUT2D eigenvalue weighted by atomic mass is 9.86. The molecule has 1 aliphatic carbocycles. The van der Waals surface area contributed by atoms with Gasteiger partial charge >= 0.3 is 0 Å². The van der Waals surface area contributed by atoms with Gasteiger partial charge < -0.3 is 10.6 Å². The molecule has 1 rings (SSSR count). The SMILES string of the molecule is CCN(CCN)CCCC1CCCCC1. The zero-order chi connectivity index (χ0) is 10.9. The Kier molecular flexibility index (Phi) is 7.03. The van der Waals surface area contributed by atoms with Gasteiger partial charge in [0.05, 0.1) is 0 Å². The molecule has 0 unspecified atom stereocenters. The van der Waals surface area contributed by atoms with Crippen molar-refractivity contribution in [2.24, 2.45) is 11.7 Å². The molecule has 1 saturated carbocycles. The lowest BCUT2D eigenvalue weighted by molar-refractivity contribution is 0.264. The monoisotopic (exact) mass is 212 g/mol. The maximum Gasteiger partial charge on any atom is 0.0104 e. The van der Waals surface area contributed by atoms with Gasteiger partial charge in [0.1, 0.15) is 0 Å². The molecule has 2 N–H and O–H groups in total. The maximum atomic E-state index is 5.58. The van der Waals surface area contributed by atoms with E-state index in [9.17, 15) is 0 Å². The molecule has 0 spiro atoms. The van der Waals surface area contributed by atoms with E-state index in [2.05, 4.69) is 11.8 Å². The van der Waals surface area contributed by atoms with Crippen molar-refractivity contribution in [1.82, 2.24) is 4.90 Å². The molecule has 15 heavy (non-hydrogen) atoms. The maximum absolute atomic E-state index is 5.58. The van der Waals surface area contributed by atoms with E-state index in [0.29, 0.717) is 0 Å². The summed E-state index contributed by atoms with van der Waals surface area (Å²) in [6.45, 7) is 6.51. The molecule has 90 valence electrons. The van der Waals surface area contributed by atoms with Crippen LogP contribution >= 0.6 is 0 Å². The summed E-state index contributed by atoms with van der Waals surface area (Å²) >= 11 is 0. The second kappa shape index (κ2) is 8.12. The topological polar surface area (TPSA) is 29.3 Å². The van der Waals surface area contributed by atoms with E-state index < -0.39 is 0 Å². The van der Waals surface area contributed by atoms with Gasteiger partial charge in [-0.15, -0.1) is 0 Å². The Labute approximate surface area is 95.2 Å². The third kappa shape index (κ3) is 5.53. The predicted octanol–water partition coefficient (Wildman–Crippen LogP) is 2.63. The number of hydrogen-bond donors (Lipinski definition) is 1. The average Bonchev–Trinajstić information content (AvgIpc) is 2.29. The lowest BCUT2D eigenvalue weighted by Crippen LogP contribution is -2.30. The first-order valence-corrected chi connectivity index (χ1v) is 6.79. The number of nitrogens with zero attached hydrogens (tertiary/aromatic N) is 1. The Morgan fingerprint density at radius 3 is 2.47 bits per heavy atom. The second-order valence-corrected chi connectivity index (χ2v) is 4.87. The minimum absolute atomic E-state index is 0.803. The van der Waals surface area contributed by atoms with Crippen LogP contribution in [0, 0.1) is 5.92 Å². The van der Waals surface area contributed by atoms with Crippen LogP contribution in [0.1, 0.15) is 51.9 Å². The molecule has 2 heteroatoms. The standard InChI is InChI=1S/C13H28N2/c1-2-15(12-10-14)11-6-9-13-7-4-3-5-8-13/h13H,2-12,14H2,1H3. The van der Waals surface area contributed by atoms with E-state index >= 15 is 0 Å². The van der Waals surface area contributed by atoms with Gasteiger partial charge in [0, 0.05) is 13.1 Å². The molecule has 0 heterocycles. The molecule has 0 aromatic carbocycles. The molecule has 1 fully saturated rings. The summed E-state index contributed by atoms with van der Waals surface area (Å²) in [7, 11) is 0. The first kappa shape index (κ1) is 13.0. The molecule has 0 aromatic rings.